The molecule has 0 atom stereocenters. The zero-order valence-corrected chi connectivity index (χ0v) is 18.7. The van der Waals surface area contributed by atoms with Gasteiger partial charge in [0.15, 0.2) is 5.58 Å². The molecule has 1 aromatic carbocycles. The van der Waals surface area contributed by atoms with Crippen LogP contribution in [0.2, 0.25) is 0 Å². The second-order valence-electron chi connectivity index (χ2n) is 8.68. The van der Waals surface area contributed by atoms with E-state index in [0.29, 0.717) is 6.04 Å². The average Bonchev–Trinajstić information content (AvgIpc) is 3.49. The third kappa shape index (κ3) is 4.87. The van der Waals surface area contributed by atoms with E-state index in [4.69, 9.17) is 9.15 Å². The molecule has 0 radical (unpaired) electrons. The molecule has 2 saturated heterocycles. The normalized spacial score (nSPS) is 17.8. The molecule has 2 aliphatic heterocycles. The predicted molar refractivity (Wildman–Crippen MR) is 125 cm³/mol. The van der Waals surface area contributed by atoms with Gasteiger partial charge in [-0.25, -0.2) is 9.97 Å². The molecule has 0 saturated carbocycles. The molecule has 8 heteroatoms. The molecule has 0 bridgehead atoms. The summed E-state index contributed by atoms with van der Waals surface area (Å²) in [6.07, 6.45) is 6.44. The zero-order valence-electron chi connectivity index (χ0n) is 18.7. The molecule has 170 valence electrons. The minimum absolute atomic E-state index is 0.543. The van der Waals surface area contributed by atoms with E-state index in [9.17, 15) is 0 Å². The van der Waals surface area contributed by atoms with Crippen molar-refractivity contribution in [3.63, 3.8) is 0 Å². The van der Waals surface area contributed by atoms with Crippen LogP contribution in [0, 0.1) is 0 Å². The minimum Gasteiger partial charge on any atom is -0.496 e. The topological polar surface area (TPSA) is 87.5 Å². The molecule has 32 heavy (non-hydrogen) atoms. The highest BCUT2D eigenvalue weighted by Gasteiger charge is 2.18. The van der Waals surface area contributed by atoms with Gasteiger partial charge in [-0.3, -0.25) is 4.90 Å². The van der Waals surface area contributed by atoms with Gasteiger partial charge in [0.1, 0.15) is 23.7 Å². The fraction of sp³-hybridized carbons (Fsp3) is 0.500. The van der Waals surface area contributed by atoms with Crippen molar-refractivity contribution in [2.75, 3.05) is 38.6 Å². The molecular formula is C24H32N6O2. The highest BCUT2D eigenvalue weighted by molar-refractivity contribution is 5.95. The van der Waals surface area contributed by atoms with Crippen LogP contribution in [0.5, 0.6) is 5.75 Å². The molecule has 5 rings (SSSR count). The van der Waals surface area contributed by atoms with Crippen molar-refractivity contribution in [1.29, 1.82) is 0 Å². The number of fused-ring (bicyclic) bond motifs is 1. The lowest BCUT2D eigenvalue weighted by molar-refractivity contribution is 0.302. The molecule has 8 nitrogen and oxygen atoms in total. The molecule has 0 unspecified atom stereocenters. The van der Waals surface area contributed by atoms with E-state index in [2.05, 4.69) is 36.9 Å². The second-order valence-corrected chi connectivity index (χ2v) is 8.68. The maximum atomic E-state index is 6.29. The summed E-state index contributed by atoms with van der Waals surface area (Å²) in [5.74, 6) is 2.53. The molecule has 0 aliphatic carbocycles. The number of furan rings is 1. The Balaban J connectivity index is 1.33. The van der Waals surface area contributed by atoms with Crippen LogP contribution in [0.3, 0.4) is 0 Å². The summed E-state index contributed by atoms with van der Waals surface area (Å²) < 4.78 is 11.9. The van der Waals surface area contributed by atoms with Crippen molar-refractivity contribution < 1.29 is 9.15 Å². The van der Waals surface area contributed by atoms with Gasteiger partial charge in [-0.05, 0) is 70.1 Å². The number of likely N-dealkylation sites (tertiary alicyclic amines) is 1. The van der Waals surface area contributed by atoms with Crippen LogP contribution in [-0.4, -0.2) is 54.2 Å². The highest BCUT2D eigenvalue weighted by atomic mass is 16.5. The fourth-order valence-corrected chi connectivity index (χ4v) is 4.64. The van der Waals surface area contributed by atoms with Gasteiger partial charge in [-0.15, -0.1) is 0 Å². The lowest BCUT2D eigenvalue weighted by atomic mass is 10.1. The van der Waals surface area contributed by atoms with Crippen molar-refractivity contribution in [2.45, 2.75) is 44.8 Å². The molecule has 3 aromatic rings. The van der Waals surface area contributed by atoms with E-state index >= 15 is 0 Å². The second kappa shape index (κ2) is 9.85. The zero-order chi connectivity index (χ0) is 21.8. The quantitative estimate of drug-likeness (QED) is 0.495. The molecule has 2 aromatic heterocycles. The summed E-state index contributed by atoms with van der Waals surface area (Å²) >= 11 is 0. The van der Waals surface area contributed by atoms with Crippen LogP contribution in [0.15, 0.2) is 35.0 Å². The van der Waals surface area contributed by atoms with E-state index in [-0.39, 0.29) is 0 Å². The molecule has 0 spiro atoms. The molecule has 4 heterocycles. The van der Waals surface area contributed by atoms with Crippen LogP contribution in [0.1, 0.15) is 37.1 Å². The predicted octanol–water partition coefficient (Wildman–Crippen LogP) is 3.41. The first-order valence-corrected chi connectivity index (χ1v) is 11.6. The van der Waals surface area contributed by atoms with Gasteiger partial charge in [0.2, 0.25) is 0 Å². The number of hydrogen-bond acceptors (Lipinski definition) is 8. The number of hydrogen-bond donors (Lipinski definition) is 3. The smallest absolute Gasteiger partial charge is 0.161 e. The van der Waals surface area contributed by atoms with Crippen molar-refractivity contribution in [3.05, 3.63) is 42.0 Å². The first-order chi connectivity index (χ1) is 15.8. The molecular weight excluding hydrogens is 404 g/mol. The van der Waals surface area contributed by atoms with E-state index in [0.717, 1.165) is 91.8 Å². The largest absolute Gasteiger partial charge is 0.496 e. The summed E-state index contributed by atoms with van der Waals surface area (Å²) in [5, 5.41) is 11.4. The Labute approximate surface area is 188 Å². The first-order valence-electron chi connectivity index (χ1n) is 11.6. The van der Waals surface area contributed by atoms with Gasteiger partial charge < -0.3 is 25.1 Å². The fourth-order valence-electron chi connectivity index (χ4n) is 4.64. The Morgan fingerprint density at radius 3 is 2.81 bits per heavy atom. The van der Waals surface area contributed by atoms with Crippen LogP contribution >= 0.6 is 0 Å². The Bertz CT molecular complexity index is 1040. The van der Waals surface area contributed by atoms with Crippen molar-refractivity contribution in [2.24, 2.45) is 0 Å². The average molecular weight is 437 g/mol. The maximum absolute atomic E-state index is 6.29. The number of nitrogens with one attached hydrogen (secondary N) is 3. The molecule has 3 N–H and O–H groups in total. The summed E-state index contributed by atoms with van der Waals surface area (Å²) in [5.41, 5.74) is 2.65. The number of piperidine rings is 1. The van der Waals surface area contributed by atoms with Gasteiger partial charge in [0.25, 0.3) is 0 Å². The van der Waals surface area contributed by atoms with E-state index in [1.165, 1.54) is 12.8 Å². The summed E-state index contributed by atoms with van der Waals surface area (Å²) in [7, 11) is 1.70. The van der Waals surface area contributed by atoms with Crippen molar-refractivity contribution in [1.82, 2.24) is 25.5 Å². The number of nitrogens with zero attached hydrogens (tertiary/aromatic N) is 3. The lowest BCUT2D eigenvalue weighted by Gasteiger charge is -2.23. The SMILES string of the molecule is COc1ccc(Nc2cc(CNC3CCNCC3)ncn2)c2oc(CN3CCCC3)cc12. The Hall–Kier alpha value is -2.68. The monoisotopic (exact) mass is 436 g/mol. The minimum atomic E-state index is 0.543. The lowest BCUT2D eigenvalue weighted by Crippen LogP contribution is -2.39. The Kier molecular flexibility index (Phi) is 6.52. The summed E-state index contributed by atoms with van der Waals surface area (Å²) in [4.78, 5) is 11.3. The Morgan fingerprint density at radius 1 is 1.16 bits per heavy atom. The van der Waals surface area contributed by atoms with Gasteiger partial charge in [-0.1, -0.05) is 0 Å². The first kappa shape index (κ1) is 21.2. The third-order valence-corrected chi connectivity index (χ3v) is 6.39. The third-order valence-electron chi connectivity index (χ3n) is 6.39. The summed E-state index contributed by atoms with van der Waals surface area (Å²) in [6.45, 7) is 5.98. The van der Waals surface area contributed by atoms with Crippen LogP contribution < -0.4 is 20.7 Å². The molecule has 2 aliphatic rings. The number of benzene rings is 1. The number of aromatic nitrogens is 2. The van der Waals surface area contributed by atoms with Gasteiger partial charge in [-0.2, -0.15) is 0 Å². The van der Waals surface area contributed by atoms with Crippen molar-refractivity contribution >= 4 is 22.5 Å². The van der Waals surface area contributed by atoms with Crippen LogP contribution in [0.4, 0.5) is 11.5 Å². The highest BCUT2D eigenvalue weighted by Crippen LogP contribution is 2.36. The molecule has 2 fully saturated rings. The summed E-state index contributed by atoms with van der Waals surface area (Å²) in [6, 6.07) is 8.60. The van der Waals surface area contributed by atoms with Crippen molar-refractivity contribution in [3.8, 4) is 5.75 Å². The van der Waals surface area contributed by atoms with Gasteiger partial charge in [0, 0.05) is 18.7 Å². The van der Waals surface area contributed by atoms with Gasteiger partial charge in [0.05, 0.1) is 30.4 Å². The van der Waals surface area contributed by atoms with Crippen LogP contribution in [-0.2, 0) is 13.1 Å². The maximum Gasteiger partial charge on any atom is 0.161 e. The van der Waals surface area contributed by atoms with E-state index in [1.807, 2.05) is 18.2 Å². The van der Waals surface area contributed by atoms with E-state index < -0.39 is 0 Å². The van der Waals surface area contributed by atoms with Gasteiger partial charge >= 0.3 is 0 Å². The van der Waals surface area contributed by atoms with Crippen LogP contribution in [0.25, 0.3) is 11.0 Å². The number of rotatable bonds is 8. The Morgan fingerprint density at radius 2 is 2.00 bits per heavy atom. The number of anilines is 2. The van der Waals surface area contributed by atoms with E-state index in [1.54, 1.807) is 13.4 Å². The number of ether oxygens (including phenoxy) is 1. The number of methoxy groups -OCH3 is 1. The molecule has 0 amide bonds. The standard InChI is InChI=1S/C24H32N6O2/c1-31-22-5-4-21(24-20(22)13-19(32-24)15-30-10-2-3-11-30)29-23-12-18(27-16-28-23)14-26-17-6-8-25-9-7-17/h4-5,12-13,16-17,25-26H,2-3,6-11,14-15H2,1H3,(H,27,28,29).